The normalized spacial score (nSPS) is 20.9. The summed E-state index contributed by atoms with van der Waals surface area (Å²) >= 11 is 0. The lowest BCUT2D eigenvalue weighted by Crippen LogP contribution is -2.40. The molecule has 5 rings (SSSR count). The lowest BCUT2D eigenvalue weighted by Gasteiger charge is -2.29. The van der Waals surface area contributed by atoms with Crippen molar-refractivity contribution in [2.75, 3.05) is 10.6 Å². The summed E-state index contributed by atoms with van der Waals surface area (Å²) in [5.74, 6) is 0.493. The van der Waals surface area contributed by atoms with E-state index in [0.29, 0.717) is 35.3 Å². The Kier molecular flexibility index (Phi) is 7.80. The van der Waals surface area contributed by atoms with E-state index in [-0.39, 0.29) is 28.8 Å². The van der Waals surface area contributed by atoms with Gasteiger partial charge in [0.2, 0.25) is 27.8 Å². The number of nitrogens with two attached hydrogens (primary N) is 1. The number of aryl methyl sites for hydroxylation is 1. The third-order valence-corrected chi connectivity index (χ3v) is 9.13. The molecule has 0 bridgehead atoms. The summed E-state index contributed by atoms with van der Waals surface area (Å²) in [5, 5.41) is 6.60. The lowest BCUT2D eigenvalue weighted by molar-refractivity contribution is -0.122. The highest BCUT2D eigenvalue weighted by Crippen LogP contribution is 2.28. The largest absolute Gasteiger partial charge is 0.369 e. The first-order valence-corrected chi connectivity index (χ1v) is 15.0. The van der Waals surface area contributed by atoms with E-state index >= 15 is 0 Å². The number of nitrogens with one attached hydrogen (secondary N) is 3. The Morgan fingerprint density at radius 3 is 2.45 bits per heavy atom. The van der Waals surface area contributed by atoms with E-state index in [1.54, 1.807) is 30.5 Å². The van der Waals surface area contributed by atoms with Gasteiger partial charge in [-0.25, -0.2) is 23.1 Å². The van der Waals surface area contributed by atoms with Crippen LogP contribution in [0.15, 0.2) is 35.4 Å². The first kappa shape index (κ1) is 26.4. The summed E-state index contributed by atoms with van der Waals surface area (Å²) < 4.78 is 30.4. The molecule has 2 aliphatic carbocycles. The summed E-state index contributed by atoms with van der Waals surface area (Å²) in [6, 6.07) is 6.61. The van der Waals surface area contributed by atoms with E-state index in [0.717, 1.165) is 51.4 Å². The van der Waals surface area contributed by atoms with Gasteiger partial charge in [0.05, 0.1) is 17.0 Å². The summed E-state index contributed by atoms with van der Waals surface area (Å²) in [4.78, 5) is 25.9. The SMILES string of the molecule is CCn1c(Nc2ccc(S(=O)(=O)NC3CCCCC3)cc2)nc2cnc(N[C@H]3CCCC[C@H]3C(N)=O)nc21. The maximum Gasteiger partial charge on any atom is 0.240 e. The Bertz CT molecular complexity index is 1380. The Morgan fingerprint density at radius 1 is 1.03 bits per heavy atom. The molecule has 0 aliphatic heterocycles. The molecule has 3 aromatic rings. The van der Waals surface area contributed by atoms with Gasteiger partial charge in [0.1, 0.15) is 5.52 Å². The highest BCUT2D eigenvalue weighted by atomic mass is 32.2. The molecule has 2 fully saturated rings. The number of imidazole rings is 1. The van der Waals surface area contributed by atoms with E-state index in [4.69, 9.17) is 10.7 Å². The molecule has 2 saturated carbocycles. The number of anilines is 3. The first-order chi connectivity index (χ1) is 18.3. The predicted molar refractivity (Wildman–Crippen MR) is 146 cm³/mol. The van der Waals surface area contributed by atoms with Gasteiger partial charge in [0.15, 0.2) is 5.65 Å². The molecule has 0 unspecified atom stereocenters. The van der Waals surface area contributed by atoms with Crippen molar-refractivity contribution in [3.63, 3.8) is 0 Å². The minimum atomic E-state index is -3.56. The number of aromatic nitrogens is 4. The highest BCUT2D eigenvalue weighted by molar-refractivity contribution is 7.89. The van der Waals surface area contributed by atoms with Gasteiger partial charge in [-0.3, -0.25) is 9.36 Å². The molecule has 0 saturated heterocycles. The second-order valence-electron chi connectivity index (χ2n) is 10.2. The van der Waals surface area contributed by atoms with E-state index in [9.17, 15) is 13.2 Å². The van der Waals surface area contributed by atoms with Gasteiger partial charge in [0.25, 0.3) is 0 Å². The Morgan fingerprint density at radius 2 is 1.74 bits per heavy atom. The predicted octanol–water partition coefficient (Wildman–Crippen LogP) is 3.66. The number of fused-ring (bicyclic) bond motifs is 1. The average molecular weight is 541 g/mol. The minimum absolute atomic E-state index is 0.0105. The van der Waals surface area contributed by atoms with Crippen molar-refractivity contribution in [3.05, 3.63) is 30.5 Å². The number of hydrogen-bond donors (Lipinski definition) is 4. The van der Waals surface area contributed by atoms with Crippen LogP contribution in [0.5, 0.6) is 0 Å². The number of rotatable bonds is 9. The third-order valence-electron chi connectivity index (χ3n) is 7.60. The fourth-order valence-corrected chi connectivity index (χ4v) is 6.85. The zero-order valence-corrected chi connectivity index (χ0v) is 22.5. The molecule has 2 aliphatic rings. The van der Waals surface area contributed by atoms with Crippen LogP contribution in [0.2, 0.25) is 0 Å². The highest BCUT2D eigenvalue weighted by Gasteiger charge is 2.30. The summed E-state index contributed by atoms with van der Waals surface area (Å²) in [7, 11) is -3.56. The number of amides is 1. The van der Waals surface area contributed by atoms with Crippen molar-refractivity contribution < 1.29 is 13.2 Å². The van der Waals surface area contributed by atoms with Crippen LogP contribution >= 0.6 is 0 Å². The Hall–Kier alpha value is -3.25. The van der Waals surface area contributed by atoms with Gasteiger partial charge in [0, 0.05) is 24.3 Å². The number of carbonyl (C=O) groups excluding carboxylic acids is 1. The zero-order chi connectivity index (χ0) is 26.7. The van der Waals surface area contributed by atoms with Gasteiger partial charge in [-0.1, -0.05) is 32.1 Å². The van der Waals surface area contributed by atoms with Crippen LogP contribution in [0.25, 0.3) is 11.2 Å². The number of primary amides is 1. The molecule has 11 nitrogen and oxygen atoms in total. The fourth-order valence-electron chi connectivity index (χ4n) is 5.55. The van der Waals surface area contributed by atoms with Crippen molar-refractivity contribution in [2.24, 2.45) is 11.7 Å². The molecule has 0 radical (unpaired) electrons. The molecule has 12 heteroatoms. The van der Waals surface area contributed by atoms with E-state index < -0.39 is 10.0 Å². The number of nitrogens with zero attached hydrogens (tertiary/aromatic N) is 4. The van der Waals surface area contributed by atoms with Gasteiger partial charge in [-0.15, -0.1) is 0 Å². The maximum atomic E-state index is 12.8. The number of benzene rings is 1. The van der Waals surface area contributed by atoms with Gasteiger partial charge < -0.3 is 16.4 Å². The van der Waals surface area contributed by atoms with Crippen molar-refractivity contribution in [3.8, 4) is 0 Å². The van der Waals surface area contributed by atoms with E-state index in [1.807, 2.05) is 11.5 Å². The molecule has 2 aromatic heterocycles. The van der Waals surface area contributed by atoms with Crippen LogP contribution in [0.1, 0.15) is 64.7 Å². The van der Waals surface area contributed by atoms with Gasteiger partial charge in [-0.2, -0.15) is 4.98 Å². The first-order valence-electron chi connectivity index (χ1n) is 13.5. The number of sulfonamides is 1. The second-order valence-corrected chi connectivity index (χ2v) is 11.9. The Balaban J connectivity index is 1.32. The number of carbonyl (C=O) groups is 1. The standard InChI is InChI=1S/C26H36N8O3S/c1-2-34-24-22(16-28-25(32-24)30-21-11-7-6-10-20(21)23(27)35)31-26(34)29-17-12-14-19(15-13-17)38(36,37)33-18-8-4-3-5-9-18/h12-16,18,20-21,33H,2-11H2,1H3,(H2,27,35)(H,29,31)(H,28,30,32)/t20-,21+/m1/s1. The number of hydrogen-bond acceptors (Lipinski definition) is 8. The smallest absolute Gasteiger partial charge is 0.240 e. The second kappa shape index (κ2) is 11.2. The molecule has 204 valence electrons. The van der Waals surface area contributed by atoms with Crippen molar-refractivity contribution in [2.45, 2.75) is 88.2 Å². The van der Waals surface area contributed by atoms with E-state index in [2.05, 4.69) is 25.3 Å². The molecule has 38 heavy (non-hydrogen) atoms. The molecule has 0 spiro atoms. The molecular formula is C26H36N8O3S. The monoisotopic (exact) mass is 540 g/mol. The summed E-state index contributed by atoms with van der Waals surface area (Å²) in [5.41, 5.74) is 7.62. The summed E-state index contributed by atoms with van der Waals surface area (Å²) in [6.07, 6.45) is 10.4. The summed E-state index contributed by atoms with van der Waals surface area (Å²) in [6.45, 7) is 2.61. The van der Waals surface area contributed by atoms with Gasteiger partial charge >= 0.3 is 0 Å². The minimum Gasteiger partial charge on any atom is -0.369 e. The molecule has 5 N–H and O–H groups in total. The van der Waals surface area contributed by atoms with Crippen LogP contribution in [0.3, 0.4) is 0 Å². The molecule has 2 heterocycles. The maximum absolute atomic E-state index is 12.8. The molecule has 2 atom stereocenters. The van der Waals surface area contributed by atoms with Crippen molar-refractivity contribution in [1.29, 1.82) is 0 Å². The third kappa shape index (κ3) is 5.75. The van der Waals surface area contributed by atoms with Crippen LogP contribution in [-0.2, 0) is 21.4 Å². The van der Waals surface area contributed by atoms with Gasteiger partial charge in [-0.05, 0) is 56.9 Å². The quantitative estimate of drug-likeness (QED) is 0.320. The van der Waals surface area contributed by atoms with Crippen LogP contribution in [0.4, 0.5) is 17.6 Å². The van der Waals surface area contributed by atoms with Crippen LogP contribution < -0.4 is 21.1 Å². The van der Waals surface area contributed by atoms with Crippen LogP contribution in [0, 0.1) is 5.92 Å². The van der Waals surface area contributed by atoms with E-state index in [1.165, 1.54) is 6.42 Å². The molecule has 1 amide bonds. The van der Waals surface area contributed by atoms with Crippen molar-refractivity contribution >= 4 is 44.7 Å². The zero-order valence-electron chi connectivity index (χ0n) is 21.7. The fraction of sp³-hybridized carbons (Fsp3) is 0.538. The van der Waals surface area contributed by atoms with Crippen LogP contribution in [-0.4, -0.2) is 45.9 Å². The average Bonchev–Trinajstić information content (AvgIpc) is 3.25. The lowest BCUT2D eigenvalue weighted by atomic mass is 9.84. The Labute approximate surface area is 223 Å². The molecular weight excluding hydrogens is 504 g/mol. The van der Waals surface area contributed by atoms with Crippen molar-refractivity contribution in [1.82, 2.24) is 24.2 Å². The topological polar surface area (TPSA) is 157 Å². The molecule has 1 aromatic carbocycles.